The van der Waals surface area contributed by atoms with Crippen molar-refractivity contribution >= 4 is 40.5 Å². The summed E-state index contributed by atoms with van der Waals surface area (Å²) in [6.07, 6.45) is 0. The van der Waals surface area contributed by atoms with Gasteiger partial charge in [-0.15, -0.1) is 0 Å². The van der Waals surface area contributed by atoms with Crippen LogP contribution in [0.25, 0.3) is 11.3 Å². The molecule has 0 radical (unpaired) electrons. The van der Waals surface area contributed by atoms with Gasteiger partial charge in [0.05, 0.1) is 23.0 Å². The number of nitrogen functional groups attached to an aromatic ring is 1. The fourth-order valence-electron chi connectivity index (χ4n) is 2.39. The minimum absolute atomic E-state index is 0.129. The predicted octanol–water partition coefficient (Wildman–Crippen LogP) is 5.49. The van der Waals surface area contributed by atoms with E-state index in [-0.39, 0.29) is 5.76 Å². The van der Waals surface area contributed by atoms with Crippen LogP contribution in [-0.2, 0) is 0 Å². The predicted molar refractivity (Wildman–Crippen MR) is 104 cm³/mol. The quantitative estimate of drug-likeness (QED) is 0.564. The highest BCUT2D eigenvalue weighted by Crippen LogP contribution is 2.32. The fraction of sp³-hybridized carbons (Fsp3) is 0.105. The van der Waals surface area contributed by atoms with Gasteiger partial charge in [-0.2, -0.15) is 0 Å². The van der Waals surface area contributed by atoms with Gasteiger partial charge in [0.1, 0.15) is 11.5 Å². The van der Waals surface area contributed by atoms with Crippen LogP contribution < -0.4 is 15.8 Å². The molecular weight excluding hydrogens is 375 g/mol. The average Bonchev–Trinajstić information content (AvgIpc) is 3.09. The van der Waals surface area contributed by atoms with Gasteiger partial charge < -0.3 is 20.2 Å². The zero-order valence-corrected chi connectivity index (χ0v) is 15.4. The molecule has 0 aliphatic carbocycles. The molecule has 134 valence electrons. The van der Waals surface area contributed by atoms with Crippen molar-refractivity contribution in [3.05, 3.63) is 64.3 Å². The van der Waals surface area contributed by atoms with Crippen molar-refractivity contribution in [2.75, 3.05) is 17.7 Å². The number of carbonyl (C=O) groups excluding carboxylic acids is 1. The number of nitrogens with one attached hydrogen (secondary N) is 1. The Balaban J connectivity index is 1.79. The molecule has 3 N–H and O–H groups in total. The zero-order valence-electron chi connectivity index (χ0n) is 13.9. The molecule has 0 aliphatic heterocycles. The van der Waals surface area contributed by atoms with Crippen LogP contribution in [0.5, 0.6) is 5.75 Å². The van der Waals surface area contributed by atoms with Crippen molar-refractivity contribution in [3.63, 3.8) is 0 Å². The van der Waals surface area contributed by atoms with Gasteiger partial charge >= 0.3 is 0 Å². The molecule has 1 amide bonds. The summed E-state index contributed by atoms with van der Waals surface area (Å²) in [5.74, 6) is 0.788. The molecule has 3 aromatic rings. The normalized spacial score (nSPS) is 10.6. The molecule has 0 unspecified atom stereocenters. The molecule has 0 saturated heterocycles. The summed E-state index contributed by atoms with van der Waals surface area (Å²) in [7, 11) is 0. The number of anilines is 2. The first kappa shape index (κ1) is 18.2. The second-order valence-corrected chi connectivity index (χ2v) is 6.27. The van der Waals surface area contributed by atoms with Crippen molar-refractivity contribution in [3.8, 4) is 17.1 Å². The highest BCUT2D eigenvalue weighted by molar-refractivity contribution is 6.35. The second-order valence-electron chi connectivity index (χ2n) is 5.42. The summed E-state index contributed by atoms with van der Waals surface area (Å²) in [6.45, 7) is 2.42. The Bertz CT molecular complexity index is 954. The lowest BCUT2D eigenvalue weighted by Gasteiger charge is -2.09. The van der Waals surface area contributed by atoms with Crippen LogP contribution in [0.1, 0.15) is 17.5 Å². The Kier molecular flexibility index (Phi) is 5.40. The smallest absolute Gasteiger partial charge is 0.291 e. The monoisotopic (exact) mass is 390 g/mol. The van der Waals surface area contributed by atoms with E-state index in [1.807, 2.05) is 6.92 Å². The van der Waals surface area contributed by atoms with Crippen LogP contribution in [-0.4, -0.2) is 12.5 Å². The maximum atomic E-state index is 12.4. The summed E-state index contributed by atoms with van der Waals surface area (Å²) in [5, 5.41) is 3.71. The maximum absolute atomic E-state index is 12.4. The molecule has 1 heterocycles. The number of hydrogen-bond acceptors (Lipinski definition) is 4. The van der Waals surface area contributed by atoms with E-state index in [1.165, 1.54) is 0 Å². The lowest BCUT2D eigenvalue weighted by molar-refractivity contribution is 0.0997. The number of furan rings is 1. The molecule has 0 saturated carbocycles. The minimum Gasteiger partial charge on any atom is -0.494 e. The molecule has 5 nitrogen and oxygen atoms in total. The number of ether oxygens (including phenoxy) is 1. The van der Waals surface area contributed by atoms with E-state index in [1.54, 1.807) is 48.5 Å². The number of rotatable bonds is 5. The van der Waals surface area contributed by atoms with Crippen molar-refractivity contribution in [1.82, 2.24) is 0 Å². The van der Waals surface area contributed by atoms with Crippen LogP contribution in [0, 0.1) is 0 Å². The Morgan fingerprint density at radius 1 is 1.15 bits per heavy atom. The van der Waals surface area contributed by atoms with E-state index in [4.69, 9.17) is 38.1 Å². The second kappa shape index (κ2) is 7.72. The van der Waals surface area contributed by atoms with E-state index in [0.29, 0.717) is 45.1 Å². The first-order chi connectivity index (χ1) is 12.5. The molecule has 0 atom stereocenters. The summed E-state index contributed by atoms with van der Waals surface area (Å²) in [4.78, 5) is 12.4. The van der Waals surface area contributed by atoms with Crippen LogP contribution in [0.2, 0.25) is 10.0 Å². The van der Waals surface area contributed by atoms with Gasteiger partial charge in [-0.3, -0.25) is 4.79 Å². The van der Waals surface area contributed by atoms with Gasteiger partial charge in [-0.1, -0.05) is 23.2 Å². The molecule has 7 heteroatoms. The van der Waals surface area contributed by atoms with E-state index in [0.717, 1.165) is 0 Å². The molecule has 2 aromatic carbocycles. The lowest BCUT2D eigenvalue weighted by atomic mass is 10.2. The Hall–Kier alpha value is -2.63. The van der Waals surface area contributed by atoms with Gasteiger partial charge in [0.2, 0.25) is 0 Å². The third-order valence-electron chi connectivity index (χ3n) is 3.61. The maximum Gasteiger partial charge on any atom is 0.291 e. The Morgan fingerprint density at radius 3 is 2.69 bits per heavy atom. The Morgan fingerprint density at radius 2 is 1.96 bits per heavy atom. The van der Waals surface area contributed by atoms with Crippen LogP contribution in [0.4, 0.5) is 11.4 Å². The third-order valence-corrected chi connectivity index (χ3v) is 4.17. The standard InChI is InChI=1S/C19H16Cl2N2O3/c1-2-25-12-4-6-16(15(22)10-12)23-19(24)18-8-7-17(26-18)13-9-11(20)3-5-14(13)21/h3-10H,2,22H2,1H3,(H,23,24). The van der Waals surface area contributed by atoms with Crippen LogP contribution >= 0.6 is 23.2 Å². The highest BCUT2D eigenvalue weighted by Gasteiger charge is 2.15. The Labute approximate surface area is 160 Å². The first-order valence-electron chi connectivity index (χ1n) is 7.87. The molecule has 0 spiro atoms. The largest absolute Gasteiger partial charge is 0.494 e. The average molecular weight is 391 g/mol. The van der Waals surface area contributed by atoms with Gasteiger partial charge in [0, 0.05) is 16.7 Å². The van der Waals surface area contributed by atoms with Crippen molar-refractivity contribution in [1.29, 1.82) is 0 Å². The van der Waals surface area contributed by atoms with E-state index in [9.17, 15) is 4.79 Å². The van der Waals surface area contributed by atoms with Crippen LogP contribution in [0.15, 0.2) is 52.9 Å². The first-order valence-corrected chi connectivity index (χ1v) is 8.62. The minimum atomic E-state index is -0.426. The van der Waals surface area contributed by atoms with Gasteiger partial charge in [0.15, 0.2) is 5.76 Å². The van der Waals surface area contributed by atoms with E-state index >= 15 is 0 Å². The van der Waals surface area contributed by atoms with E-state index < -0.39 is 5.91 Å². The van der Waals surface area contributed by atoms with Gasteiger partial charge in [0.25, 0.3) is 5.91 Å². The lowest BCUT2D eigenvalue weighted by Crippen LogP contribution is -2.12. The molecule has 26 heavy (non-hydrogen) atoms. The topological polar surface area (TPSA) is 77.5 Å². The summed E-state index contributed by atoms with van der Waals surface area (Å²) in [5.41, 5.74) is 7.43. The van der Waals surface area contributed by atoms with Crippen LogP contribution in [0.3, 0.4) is 0 Å². The van der Waals surface area contributed by atoms with E-state index in [2.05, 4.69) is 5.32 Å². The summed E-state index contributed by atoms with van der Waals surface area (Å²) < 4.78 is 11.0. The molecular formula is C19H16Cl2N2O3. The molecule has 0 fully saturated rings. The van der Waals surface area contributed by atoms with Crippen molar-refractivity contribution in [2.45, 2.75) is 6.92 Å². The van der Waals surface area contributed by atoms with Crippen molar-refractivity contribution in [2.24, 2.45) is 0 Å². The SMILES string of the molecule is CCOc1ccc(NC(=O)c2ccc(-c3cc(Cl)ccc3Cl)o2)c(N)c1. The fourth-order valence-corrected chi connectivity index (χ4v) is 2.77. The number of benzene rings is 2. The summed E-state index contributed by atoms with van der Waals surface area (Å²) >= 11 is 12.2. The highest BCUT2D eigenvalue weighted by atomic mass is 35.5. The van der Waals surface area contributed by atoms with Gasteiger partial charge in [-0.05, 0) is 49.4 Å². The number of carbonyl (C=O) groups is 1. The molecule has 1 aromatic heterocycles. The number of hydrogen-bond donors (Lipinski definition) is 2. The zero-order chi connectivity index (χ0) is 18.7. The summed E-state index contributed by atoms with van der Waals surface area (Å²) in [6, 6.07) is 13.3. The molecule has 0 aliphatic rings. The molecule has 0 bridgehead atoms. The number of halogens is 2. The third kappa shape index (κ3) is 3.95. The van der Waals surface area contributed by atoms with Crippen molar-refractivity contribution < 1.29 is 13.9 Å². The number of amides is 1. The molecule has 3 rings (SSSR count). The number of nitrogens with two attached hydrogens (primary N) is 1. The van der Waals surface area contributed by atoms with Gasteiger partial charge in [-0.25, -0.2) is 0 Å².